The Labute approximate surface area is 155 Å². The number of aliphatic imine (C=N–C) groups is 1. The Morgan fingerprint density at radius 1 is 1.39 bits per heavy atom. The zero-order chi connectivity index (χ0) is 16.4. The second-order valence-corrected chi connectivity index (χ2v) is 5.86. The maximum absolute atomic E-state index is 11.6. The monoisotopic (exact) mass is 436 g/mol. The van der Waals surface area contributed by atoms with Crippen molar-refractivity contribution in [3.63, 3.8) is 0 Å². The van der Waals surface area contributed by atoms with Crippen LogP contribution < -0.4 is 16.4 Å². The van der Waals surface area contributed by atoms with E-state index in [1.165, 1.54) is 19.0 Å². The summed E-state index contributed by atoms with van der Waals surface area (Å²) >= 11 is 0. The van der Waals surface area contributed by atoms with Crippen LogP contribution in [0.2, 0.25) is 0 Å². The highest BCUT2D eigenvalue weighted by atomic mass is 127. The van der Waals surface area contributed by atoms with E-state index in [1.54, 1.807) is 6.07 Å². The van der Waals surface area contributed by atoms with Crippen molar-refractivity contribution in [3.05, 3.63) is 18.0 Å². The average Bonchev–Trinajstić information content (AvgIpc) is 2.97. The van der Waals surface area contributed by atoms with E-state index in [2.05, 4.69) is 46.6 Å². The van der Waals surface area contributed by atoms with Crippen molar-refractivity contribution in [2.75, 3.05) is 13.1 Å². The molecule has 5 N–H and O–H groups in total. The number of guanidine groups is 1. The zero-order valence-corrected chi connectivity index (χ0v) is 16.5. The molecule has 23 heavy (non-hydrogen) atoms. The van der Waals surface area contributed by atoms with Crippen molar-refractivity contribution < 1.29 is 4.79 Å². The molecule has 0 aliphatic rings. The Bertz CT molecular complexity index is 461. The van der Waals surface area contributed by atoms with Gasteiger partial charge in [-0.3, -0.25) is 14.9 Å². The minimum Gasteiger partial charge on any atom is -0.370 e. The second-order valence-electron chi connectivity index (χ2n) is 5.86. The number of H-pyrrole nitrogens is 1. The number of nitrogens with one attached hydrogen (secondary N) is 3. The largest absolute Gasteiger partial charge is 0.370 e. The predicted molar refractivity (Wildman–Crippen MR) is 104 cm³/mol. The summed E-state index contributed by atoms with van der Waals surface area (Å²) in [6, 6.07) is 1.93. The van der Waals surface area contributed by atoms with Gasteiger partial charge in [-0.15, -0.1) is 24.0 Å². The lowest BCUT2D eigenvalue weighted by Gasteiger charge is -2.15. The van der Waals surface area contributed by atoms with Gasteiger partial charge in [-0.1, -0.05) is 26.7 Å². The molecular formula is C15H29IN6O. The maximum atomic E-state index is 11.6. The number of carbonyl (C=O) groups is 1. The smallest absolute Gasteiger partial charge is 0.269 e. The molecule has 1 unspecified atom stereocenters. The number of nitrogens with zero attached hydrogens (tertiary/aromatic N) is 2. The van der Waals surface area contributed by atoms with Gasteiger partial charge in [-0.25, -0.2) is 0 Å². The number of nitrogens with two attached hydrogens (primary N) is 1. The summed E-state index contributed by atoms with van der Waals surface area (Å²) in [5, 5.41) is 12.2. The second kappa shape index (κ2) is 12.1. The molecule has 7 nitrogen and oxygen atoms in total. The molecule has 1 rings (SSSR count). The quantitative estimate of drug-likeness (QED) is 0.205. The highest BCUT2D eigenvalue weighted by Gasteiger charge is 2.05. The van der Waals surface area contributed by atoms with Gasteiger partial charge >= 0.3 is 0 Å². The normalized spacial score (nSPS) is 12.6. The van der Waals surface area contributed by atoms with E-state index in [9.17, 15) is 4.79 Å². The van der Waals surface area contributed by atoms with Gasteiger partial charge in [0.1, 0.15) is 5.69 Å². The van der Waals surface area contributed by atoms with Crippen LogP contribution in [0.4, 0.5) is 0 Å². The first-order valence-electron chi connectivity index (χ1n) is 7.83. The molecule has 0 spiro atoms. The first-order chi connectivity index (χ1) is 10.5. The van der Waals surface area contributed by atoms with E-state index in [0.29, 0.717) is 30.8 Å². The summed E-state index contributed by atoms with van der Waals surface area (Å²) in [5.74, 6) is 0.964. The molecular weight excluding hydrogens is 407 g/mol. The van der Waals surface area contributed by atoms with Crippen molar-refractivity contribution in [1.82, 2.24) is 20.8 Å². The van der Waals surface area contributed by atoms with Crippen LogP contribution in [0.15, 0.2) is 17.3 Å². The van der Waals surface area contributed by atoms with Crippen LogP contribution in [0.25, 0.3) is 0 Å². The number of aromatic nitrogens is 2. The first-order valence-corrected chi connectivity index (χ1v) is 7.83. The van der Waals surface area contributed by atoms with Gasteiger partial charge in [0.05, 0.1) is 6.54 Å². The van der Waals surface area contributed by atoms with Crippen LogP contribution in [-0.4, -0.2) is 41.2 Å². The molecule has 1 amide bonds. The Morgan fingerprint density at radius 3 is 2.74 bits per heavy atom. The molecule has 1 aromatic heterocycles. The van der Waals surface area contributed by atoms with Crippen molar-refractivity contribution in [2.45, 2.75) is 46.1 Å². The predicted octanol–water partition coefficient (Wildman–Crippen LogP) is 1.88. The number of carbonyl (C=O) groups excluding carboxylic acids is 1. The molecule has 0 aliphatic carbocycles. The van der Waals surface area contributed by atoms with Gasteiger partial charge in [0.15, 0.2) is 5.96 Å². The Hall–Kier alpha value is -1.32. The van der Waals surface area contributed by atoms with E-state index in [1.807, 2.05) is 0 Å². The molecule has 1 aromatic rings. The molecule has 8 heteroatoms. The minimum atomic E-state index is -0.193. The van der Waals surface area contributed by atoms with Gasteiger partial charge in [0, 0.05) is 18.8 Å². The van der Waals surface area contributed by atoms with Crippen LogP contribution in [0.1, 0.15) is 50.5 Å². The van der Waals surface area contributed by atoms with E-state index < -0.39 is 0 Å². The number of rotatable bonds is 9. The average molecular weight is 436 g/mol. The molecule has 0 fully saturated rings. The zero-order valence-electron chi connectivity index (χ0n) is 14.1. The number of amides is 1. The van der Waals surface area contributed by atoms with Crippen LogP contribution in [0.3, 0.4) is 0 Å². The summed E-state index contributed by atoms with van der Waals surface area (Å²) in [5.41, 5.74) is 6.27. The number of hydrogen-bond acceptors (Lipinski definition) is 3. The third-order valence-electron chi connectivity index (χ3n) is 3.24. The van der Waals surface area contributed by atoms with Gasteiger partial charge in [-0.05, 0) is 25.3 Å². The van der Waals surface area contributed by atoms with Crippen molar-refractivity contribution >= 4 is 35.8 Å². The summed E-state index contributed by atoms with van der Waals surface area (Å²) in [7, 11) is 0. The standard InChI is InChI=1S/C15H28N6O.HI/c1-11(2)5-4-6-12(3)20-15(16)18-10-9-17-14(22)13-7-8-19-21-13;/h7-8,11-12H,4-6,9-10H2,1-3H3,(H,17,22)(H,19,21)(H3,16,18,20);1H. The van der Waals surface area contributed by atoms with E-state index in [-0.39, 0.29) is 29.9 Å². The van der Waals surface area contributed by atoms with Crippen LogP contribution >= 0.6 is 24.0 Å². The molecule has 0 bridgehead atoms. The highest BCUT2D eigenvalue weighted by molar-refractivity contribution is 14.0. The highest BCUT2D eigenvalue weighted by Crippen LogP contribution is 2.07. The van der Waals surface area contributed by atoms with Gasteiger partial charge < -0.3 is 16.4 Å². The molecule has 0 radical (unpaired) electrons. The molecule has 0 aliphatic heterocycles. The Morgan fingerprint density at radius 2 is 2.13 bits per heavy atom. The lowest BCUT2D eigenvalue weighted by Crippen LogP contribution is -2.39. The molecule has 1 heterocycles. The fourth-order valence-corrected chi connectivity index (χ4v) is 2.03. The van der Waals surface area contributed by atoms with E-state index in [4.69, 9.17) is 5.73 Å². The third kappa shape index (κ3) is 10.1. The topological polar surface area (TPSA) is 108 Å². The number of hydrogen-bond donors (Lipinski definition) is 4. The fraction of sp³-hybridized carbons (Fsp3) is 0.667. The lowest BCUT2D eigenvalue weighted by molar-refractivity contribution is 0.0950. The van der Waals surface area contributed by atoms with Crippen molar-refractivity contribution in [1.29, 1.82) is 0 Å². The summed E-state index contributed by atoms with van der Waals surface area (Å²) in [6.07, 6.45) is 5.02. The Balaban J connectivity index is 0.00000484. The summed E-state index contributed by atoms with van der Waals surface area (Å²) < 4.78 is 0. The Kier molecular flexibility index (Phi) is 11.4. The van der Waals surface area contributed by atoms with Gasteiger partial charge in [0.2, 0.25) is 0 Å². The first kappa shape index (κ1) is 21.7. The number of aromatic amines is 1. The SMILES string of the molecule is CC(C)CCCC(C)NC(N)=NCCNC(=O)c1ccn[nH]1.I. The number of halogens is 1. The van der Waals surface area contributed by atoms with Crippen molar-refractivity contribution in [2.24, 2.45) is 16.6 Å². The van der Waals surface area contributed by atoms with Crippen molar-refractivity contribution in [3.8, 4) is 0 Å². The molecule has 0 saturated carbocycles. The summed E-state index contributed by atoms with van der Waals surface area (Å²) in [4.78, 5) is 15.8. The van der Waals surface area contributed by atoms with E-state index in [0.717, 1.165) is 12.3 Å². The fourth-order valence-electron chi connectivity index (χ4n) is 2.03. The minimum absolute atomic E-state index is 0. The van der Waals surface area contributed by atoms with Gasteiger partial charge in [-0.2, -0.15) is 5.10 Å². The maximum Gasteiger partial charge on any atom is 0.269 e. The van der Waals surface area contributed by atoms with Crippen LogP contribution in [-0.2, 0) is 0 Å². The van der Waals surface area contributed by atoms with E-state index >= 15 is 0 Å². The van der Waals surface area contributed by atoms with Crippen LogP contribution in [0.5, 0.6) is 0 Å². The summed E-state index contributed by atoms with van der Waals surface area (Å²) in [6.45, 7) is 7.43. The van der Waals surface area contributed by atoms with Gasteiger partial charge in [0.25, 0.3) is 5.91 Å². The molecule has 0 aromatic carbocycles. The molecule has 132 valence electrons. The van der Waals surface area contributed by atoms with Crippen LogP contribution in [0, 0.1) is 5.92 Å². The third-order valence-corrected chi connectivity index (χ3v) is 3.24. The molecule has 0 saturated heterocycles. The molecule has 1 atom stereocenters. The lowest BCUT2D eigenvalue weighted by atomic mass is 10.0.